The lowest BCUT2D eigenvalue weighted by molar-refractivity contribution is -0.385. The molecule has 0 saturated heterocycles. The first-order valence-corrected chi connectivity index (χ1v) is 9.66. The van der Waals surface area contributed by atoms with Crippen molar-refractivity contribution in [2.24, 2.45) is 20.5 Å². The number of hydrogen-bond donors (Lipinski definition) is 6. The van der Waals surface area contributed by atoms with Crippen molar-refractivity contribution in [2.75, 3.05) is 22.9 Å². The zero-order valence-corrected chi connectivity index (χ0v) is 18.1. The van der Waals surface area contributed by atoms with Crippen molar-refractivity contribution < 1.29 is 9.85 Å². The molecule has 0 fully saturated rings. The van der Waals surface area contributed by atoms with Gasteiger partial charge in [-0.3, -0.25) is 30.4 Å². The lowest BCUT2D eigenvalue weighted by Gasteiger charge is -1.93. The van der Waals surface area contributed by atoms with E-state index in [-0.39, 0.29) is 46.0 Å². The number of aromatic amines is 2. The third-order valence-electron chi connectivity index (χ3n) is 4.20. The summed E-state index contributed by atoms with van der Waals surface area (Å²) in [6.45, 7) is 0. The number of benzene rings is 2. The number of H-pyrrole nitrogens is 2. The van der Waals surface area contributed by atoms with Crippen molar-refractivity contribution in [1.29, 1.82) is 0 Å². The highest BCUT2D eigenvalue weighted by molar-refractivity contribution is 5.71. The fraction of sp³-hybridized carbons (Fsp3) is 0. The largest absolute Gasteiger partial charge is 0.382 e. The van der Waals surface area contributed by atoms with Gasteiger partial charge in [0.2, 0.25) is 0 Å². The van der Waals surface area contributed by atoms with Crippen LogP contribution in [0.3, 0.4) is 0 Å². The van der Waals surface area contributed by atoms with Gasteiger partial charge in [0.15, 0.2) is 23.0 Å². The number of aromatic nitrogens is 4. The van der Waals surface area contributed by atoms with Crippen LogP contribution in [0.1, 0.15) is 0 Å². The normalized spacial score (nSPS) is 10.9. The van der Waals surface area contributed by atoms with Gasteiger partial charge in [0.05, 0.1) is 21.2 Å². The molecular formula is C18H18N14O4. The molecule has 18 heteroatoms. The SMILES string of the molecule is Nc1n[nH]c(N)c1N=Nc1cccc([N+](=O)[O-])c1.Nc1n[nH]c(N)c1N=Nc1cccc([N+](=O)[O-])c1. The molecule has 0 aliphatic heterocycles. The summed E-state index contributed by atoms with van der Waals surface area (Å²) >= 11 is 0. The maximum atomic E-state index is 10.6. The molecule has 0 radical (unpaired) electrons. The Morgan fingerprint density at radius 3 is 1.36 bits per heavy atom. The summed E-state index contributed by atoms with van der Waals surface area (Å²) in [6, 6.07) is 11.5. The number of nitrogens with one attached hydrogen (secondary N) is 2. The highest BCUT2D eigenvalue weighted by atomic mass is 16.6. The van der Waals surface area contributed by atoms with E-state index in [4.69, 9.17) is 22.9 Å². The van der Waals surface area contributed by atoms with Crippen LogP contribution in [0.15, 0.2) is 69.0 Å². The predicted octanol–water partition coefficient (Wildman–Crippen LogP) is 3.80. The van der Waals surface area contributed by atoms with E-state index in [0.717, 1.165) is 0 Å². The van der Waals surface area contributed by atoms with Gasteiger partial charge in [-0.15, -0.1) is 10.2 Å². The standard InChI is InChI=1S/2C9H9N7O2/c2*10-8-7(9(11)15-14-8)13-12-5-2-1-3-6(4-5)16(17)18/h2*1-4H,(H5,10,11,14,15). The van der Waals surface area contributed by atoms with Crippen molar-refractivity contribution >= 4 is 57.4 Å². The number of nitrogen functional groups attached to an aromatic ring is 4. The summed E-state index contributed by atoms with van der Waals surface area (Å²) in [5.74, 6) is 0.590. The zero-order chi connectivity index (χ0) is 26.2. The number of anilines is 4. The average Bonchev–Trinajstić information content (AvgIpc) is 3.36. The number of nitro benzene ring substituents is 2. The molecule has 0 amide bonds. The van der Waals surface area contributed by atoms with Crippen LogP contribution in [-0.2, 0) is 0 Å². The molecule has 18 nitrogen and oxygen atoms in total. The molecular weight excluding hydrogens is 476 g/mol. The molecule has 4 aromatic rings. The third-order valence-corrected chi connectivity index (χ3v) is 4.20. The van der Waals surface area contributed by atoms with Crippen LogP contribution < -0.4 is 22.9 Å². The molecule has 0 aliphatic rings. The van der Waals surface area contributed by atoms with Gasteiger partial charge >= 0.3 is 0 Å². The van der Waals surface area contributed by atoms with Gasteiger partial charge in [-0.25, -0.2) is 0 Å². The molecule has 0 aliphatic carbocycles. The molecule has 0 bridgehead atoms. The lowest BCUT2D eigenvalue weighted by Crippen LogP contribution is -1.86. The molecule has 0 unspecified atom stereocenters. The Bertz CT molecular complexity index is 1310. The van der Waals surface area contributed by atoms with Crippen molar-refractivity contribution in [1.82, 2.24) is 20.4 Å². The van der Waals surface area contributed by atoms with E-state index < -0.39 is 9.85 Å². The summed E-state index contributed by atoms with van der Waals surface area (Å²) in [5.41, 5.74) is 23.0. The summed E-state index contributed by atoms with van der Waals surface area (Å²) in [4.78, 5) is 20.1. The third kappa shape index (κ3) is 6.10. The summed E-state index contributed by atoms with van der Waals surface area (Å²) < 4.78 is 0. The monoisotopic (exact) mass is 494 g/mol. The highest BCUT2D eigenvalue weighted by Crippen LogP contribution is 2.30. The Morgan fingerprint density at radius 1 is 0.667 bits per heavy atom. The lowest BCUT2D eigenvalue weighted by atomic mass is 10.3. The minimum absolute atomic E-state index is 0.0698. The predicted molar refractivity (Wildman–Crippen MR) is 129 cm³/mol. The van der Waals surface area contributed by atoms with Crippen LogP contribution in [0.4, 0.5) is 57.4 Å². The Balaban J connectivity index is 0.000000201. The number of nitrogens with two attached hydrogens (primary N) is 4. The molecule has 2 aromatic carbocycles. The summed E-state index contributed by atoms with van der Waals surface area (Å²) in [6.07, 6.45) is 0. The molecule has 36 heavy (non-hydrogen) atoms. The van der Waals surface area contributed by atoms with E-state index in [9.17, 15) is 20.2 Å². The first-order chi connectivity index (χ1) is 17.2. The number of nitrogens with zero attached hydrogens (tertiary/aromatic N) is 8. The van der Waals surface area contributed by atoms with Gasteiger partial charge in [-0.05, 0) is 12.1 Å². The molecule has 0 spiro atoms. The Labute approximate surface area is 200 Å². The molecule has 0 atom stereocenters. The smallest absolute Gasteiger partial charge is 0.271 e. The summed E-state index contributed by atoms with van der Waals surface area (Å²) in [5, 5.41) is 48.5. The molecule has 2 aromatic heterocycles. The topological polar surface area (TPSA) is 297 Å². The molecule has 4 rings (SSSR count). The number of non-ortho nitro benzene ring substituents is 2. The van der Waals surface area contributed by atoms with Crippen LogP contribution >= 0.6 is 0 Å². The Morgan fingerprint density at radius 2 is 1.06 bits per heavy atom. The quantitative estimate of drug-likeness (QED) is 0.128. The Hall–Kier alpha value is -5.94. The van der Waals surface area contributed by atoms with Gasteiger partial charge < -0.3 is 22.9 Å². The van der Waals surface area contributed by atoms with Gasteiger partial charge in [0.1, 0.15) is 11.6 Å². The molecule has 2 heterocycles. The average molecular weight is 494 g/mol. The highest BCUT2D eigenvalue weighted by Gasteiger charge is 2.09. The van der Waals surface area contributed by atoms with Gasteiger partial charge in [0, 0.05) is 24.3 Å². The van der Waals surface area contributed by atoms with Gasteiger partial charge in [-0.1, -0.05) is 12.1 Å². The molecule has 10 N–H and O–H groups in total. The first kappa shape index (κ1) is 24.7. The fourth-order valence-electron chi connectivity index (χ4n) is 2.49. The second-order valence-corrected chi connectivity index (χ2v) is 6.70. The van der Waals surface area contributed by atoms with Gasteiger partial charge in [0.25, 0.3) is 11.4 Å². The molecule has 184 valence electrons. The maximum Gasteiger partial charge on any atom is 0.271 e. The number of azo groups is 2. The van der Waals surface area contributed by atoms with E-state index in [1.807, 2.05) is 0 Å². The van der Waals surface area contributed by atoms with E-state index in [0.29, 0.717) is 11.4 Å². The van der Waals surface area contributed by atoms with Crippen molar-refractivity contribution in [3.05, 3.63) is 68.8 Å². The minimum Gasteiger partial charge on any atom is -0.382 e. The van der Waals surface area contributed by atoms with Crippen LogP contribution in [0.25, 0.3) is 0 Å². The van der Waals surface area contributed by atoms with E-state index in [1.165, 1.54) is 36.4 Å². The second-order valence-electron chi connectivity index (χ2n) is 6.70. The zero-order valence-electron chi connectivity index (χ0n) is 18.1. The minimum atomic E-state index is -0.514. The van der Waals surface area contributed by atoms with E-state index in [2.05, 4.69) is 40.9 Å². The number of hydrogen-bond acceptors (Lipinski definition) is 14. The van der Waals surface area contributed by atoms with Crippen molar-refractivity contribution in [3.8, 4) is 0 Å². The molecule has 0 saturated carbocycles. The number of nitro groups is 2. The maximum absolute atomic E-state index is 10.6. The van der Waals surface area contributed by atoms with Crippen molar-refractivity contribution in [3.63, 3.8) is 0 Å². The van der Waals surface area contributed by atoms with E-state index >= 15 is 0 Å². The Kier molecular flexibility index (Phi) is 7.40. The van der Waals surface area contributed by atoms with Crippen LogP contribution in [0, 0.1) is 20.2 Å². The van der Waals surface area contributed by atoms with Gasteiger partial charge in [-0.2, -0.15) is 20.4 Å². The van der Waals surface area contributed by atoms with Crippen molar-refractivity contribution in [2.45, 2.75) is 0 Å². The van der Waals surface area contributed by atoms with E-state index in [1.54, 1.807) is 12.1 Å². The second kappa shape index (κ2) is 10.8. The fourth-order valence-corrected chi connectivity index (χ4v) is 2.49. The first-order valence-electron chi connectivity index (χ1n) is 9.66. The summed E-state index contributed by atoms with van der Waals surface area (Å²) in [7, 11) is 0. The van der Waals surface area contributed by atoms with Crippen LogP contribution in [0.2, 0.25) is 0 Å². The number of rotatable bonds is 6. The van der Waals surface area contributed by atoms with Crippen LogP contribution in [0.5, 0.6) is 0 Å². The van der Waals surface area contributed by atoms with Crippen LogP contribution in [-0.4, -0.2) is 30.2 Å².